The molecule has 0 unspecified atom stereocenters. The summed E-state index contributed by atoms with van der Waals surface area (Å²) in [5, 5.41) is 3.05. The minimum atomic E-state index is -3.68. The fourth-order valence-corrected chi connectivity index (χ4v) is 3.89. The fraction of sp³-hybridized carbons (Fsp3) is 0.130. The average molecular weight is 457 g/mol. The van der Waals surface area contributed by atoms with E-state index in [1.54, 1.807) is 66.7 Å². The number of amides is 1. The highest BCUT2D eigenvalue weighted by Crippen LogP contribution is 2.27. The van der Waals surface area contributed by atoms with Gasteiger partial charge < -0.3 is 5.32 Å². The van der Waals surface area contributed by atoms with Gasteiger partial charge in [0, 0.05) is 23.2 Å². The van der Waals surface area contributed by atoms with E-state index in [0.29, 0.717) is 16.1 Å². The van der Waals surface area contributed by atoms with Gasteiger partial charge in [0.05, 0.1) is 11.9 Å². The molecule has 0 fully saturated rings. The van der Waals surface area contributed by atoms with Crippen molar-refractivity contribution in [2.75, 3.05) is 18.6 Å². The maximum atomic E-state index is 13.2. The molecule has 1 amide bonds. The van der Waals surface area contributed by atoms with E-state index in [0.717, 1.165) is 10.6 Å². The molecule has 160 valence electrons. The number of hydrogen-bond acceptors (Lipinski definition) is 4. The normalized spacial score (nSPS) is 12.4. The molecule has 8 heteroatoms. The number of hydrogen-bond donors (Lipinski definition) is 1. The van der Waals surface area contributed by atoms with E-state index in [9.17, 15) is 18.0 Å². The van der Waals surface area contributed by atoms with Gasteiger partial charge in [0.2, 0.25) is 15.9 Å². The number of halogens is 1. The van der Waals surface area contributed by atoms with Crippen LogP contribution in [0.2, 0.25) is 5.02 Å². The van der Waals surface area contributed by atoms with Crippen molar-refractivity contribution < 1.29 is 18.0 Å². The van der Waals surface area contributed by atoms with Gasteiger partial charge in [0.1, 0.15) is 6.04 Å². The lowest BCUT2D eigenvalue weighted by Gasteiger charge is -2.26. The van der Waals surface area contributed by atoms with Gasteiger partial charge in [0.25, 0.3) is 0 Å². The van der Waals surface area contributed by atoms with E-state index < -0.39 is 22.0 Å². The Hall–Kier alpha value is -3.00. The van der Waals surface area contributed by atoms with Crippen molar-refractivity contribution in [3.8, 4) is 0 Å². The molecule has 3 aromatic rings. The molecule has 6 nitrogen and oxygen atoms in total. The Labute approximate surface area is 186 Å². The Bertz CT molecular complexity index is 1200. The summed E-state index contributed by atoms with van der Waals surface area (Å²) >= 11 is 6.10. The summed E-state index contributed by atoms with van der Waals surface area (Å²) < 4.78 is 25.4. The molecule has 0 heterocycles. The third kappa shape index (κ3) is 5.38. The van der Waals surface area contributed by atoms with Crippen molar-refractivity contribution in [1.29, 1.82) is 0 Å². The Morgan fingerprint density at radius 2 is 1.52 bits per heavy atom. The van der Waals surface area contributed by atoms with E-state index in [4.69, 9.17) is 11.6 Å². The van der Waals surface area contributed by atoms with E-state index >= 15 is 0 Å². The SMILES string of the molecule is CN([C@@H](C(=O)Nc1ccc(Cl)cc1C(=O)c1ccccc1)c1ccccc1)S(C)(=O)=O. The predicted molar refractivity (Wildman–Crippen MR) is 122 cm³/mol. The quantitative estimate of drug-likeness (QED) is 0.541. The first kappa shape index (κ1) is 22.7. The van der Waals surface area contributed by atoms with Crippen molar-refractivity contribution in [2.24, 2.45) is 0 Å². The van der Waals surface area contributed by atoms with Crippen molar-refractivity contribution >= 4 is 39.0 Å². The van der Waals surface area contributed by atoms with E-state index in [2.05, 4.69) is 5.32 Å². The van der Waals surface area contributed by atoms with E-state index in [1.165, 1.54) is 19.2 Å². The summed E-state index contributed by atoms with van der Waals surface area (Å²) in [6, 6.07) is 20.6. The number of anilines is 1. The number of likely N-dealkylation sites (N-methyl/N-ethyl adjacent to an activating group) is 1. The third-order valence-corrected chi connectivity index (χ3v) is 6.26. The Morgan fingerprint density at radius 1 is 0.935 bits per heavy atom. The number of carbonyl (C=O) groups excluding carboxylic acids is 2. The van der Waals surface area contributed by atoms with Crippen LogP contribution < -0.4 is 5.32 Å². The molecule has 3 aromatic carbocycles. The fourth-order valence-electron chi connectivity index (χ4n) is 3.11. The summed E-state index contributed by atoms with van der Waals surface area (Å²) in [4.78, 5) is 26.3. The van der Waals surface area contributed by atoms with Crippen LogP contribution in [0.15, 0.2) is 78.9 Å². The smallest absolute Gasteiger partial charge is 0.247 e. The van der Waals surface area contributed by atoms with Gasteiger partial charge in [-0.25, -0.2) is 8.42 Å². The lowest BCUT2D eigenvalue weighted by atomic mass is 10.0. The second-order valence-electron chi connectivity index (χ2n) is 6.97. The molecule has 0 bridgehead atoms. The maximum absolute atomic E-state index is 13.2. The Kier molecular flexibility index (Phi) is 6.90. The van der Waals surface area contributed by atoms with Crippen molar-refractivity contribution in [2.45, 2.75) is 6.04 Å². The van der Waals surface area contributed by atoms with Gasteiger partial charge in [-0.05, 0) is 23.8 Å². The second kappa shape index (κ2) is 9.43. The summed E-state index contributed by atoms with van der Waals surface area (Å²) in [7, 11) is -2.34. The number of rotatable bonds is 7. The van der Waals surface area contributed by atoms with Gasteiger partial charge in [-0.1, -0.05) is 72.3 Å². The highest BCUT2D eigenvalue weighted by molar-refractivity contribution is 7.88. The van der Waals surface area contributed by atoms with Crippen LogP contribution in [0, 0.1) is 0 Å². The van der Waals surface area contributed by atoms with Crippen LogP contribution in [-0.4, -0.2) is 37.7 Å². The summed E-state index contributed by atoms with van der Waals surface area (Å²) in [6.07, 6.45) is 1.03. The van der Waals surface area contributed by atoms with Crippen LogP contribution in [0.25, 0.3) is 0 Å². The Morgan fingerprint density at radius 3 is 2.10 bits per heavy atom. The topological polar surface area (TPSA) is 83.6 Å². The number of sulfonamides is 1. The minimum absolute atomic E-state index is 0.209. The van der Waals surface area contributed by atoms with Crippen LogP contribution in [0.1, 0.15) is 27.5 Å². The molecule has 0 aromatic heterocycles. The summed E-state index contributed by atoms with van der Waals surface area (Å²) in [5.74, 6) is -0.908. The van der Waals surface area contributed by atoms with Crippen molar-refractivity contribution in [1.82, 2.24) is 4.31 Å². The number of nitrogens with zero attached hydrogens (tertiary/aromatic N) is 1. The number of benzene rings is 3. The highest BCUT2D eigenvalue weighted by atomic mass is 35.5. The molecule has 0 saturated carbocycles. The minimum Gasteiger partial charge on any atom is -0.324 e. The molecule has 0 aliphatic rings. The molecule has 0 aliphatic carbocycles. The van der Waals surface area contributed by atoms with Crippen LogP contribution in [0.4, 0.5) is 5.69 Å². The lowest BCUT2D eigenvalue weighted by molar-refractivity contribution is -0.119. The van der Waals surface area contributed by atoms with Crippen LogP contribution >= 0.6 is 11.6 Å². The zero-order chi connectivity index (χ0) is 22.6. The molecular formula is C23H21ClN2O4S. The number of nitrogens with one attached hydrogen (secondary N) is 1. The van der Waals surface area contributed by atoms with E-state index in [-0.39, 0.29) is 17.0 Å². The zero-order valence-electron chi connectivity index (χ0n) is 16.9. The van der Waals surface area contributed by atoms with E-state index in [1.807, 2.05) is 0 Å². The molecule has 0 saturated heterocycles. The monoisotopic (exact) mass is 456 g/mol. The molecule has 0 aliphatic heterocycles. The lowest BCUT2D eigenvalue weighted by Crippen LogP contribution is -2.38. The molecule has 0 spiro atoms. The summed E-state index contributed by atoms with van der Waals surface area (Å²) in [6.45, 7) is 0. The van der Waals surface area contributed by atoms with Crippen molar-refractivity contribution in [3.63, 3.8) is 0 Å². The highest BCUT2D eigenvalue weighted by Gasteiger charge is 2.31. The van der Waals surface area contributed by atoms with Gasteiger partial charge in [0.15, 0.2) is 5.78 Å². The maximum Gasteiger partial charge on any atom is 0.247 e. The summed E-state index contributed by atoms with van der Waals surface area (Å²) in [5.41, 5.74) is 1.39. The first-order chi connectivity index (χ1) is 14.7. The van der Waals surface area contributed by atoms with Gasteiger partial charge in [-0.15, -0.1) is 0 Å². The molecule has 1 atom stereocenters. The standard InChI is InChI=1S/C23H21ClN2O4S/c1-26(31(2,29)30)21(16-9-5-3-6-10-16)23(28)25-20-14-13-18(24)15-19(20)22(27)17-11-7-4-8-12-17/h3-15,21H,1-2H3,(H,25,28)/t21-/m1/s1. The molecule has 31 heavy (non-hydrogen) atoms. The van der Waals surface area contributed by atoms with Crippen LogP contribution in [0.5, 0.6) is 0 Å². The van der Waals surface area contributed by atoms with Gasteiger partial charge in [-0.3, -0.25) is 9.59 Å². The predicted octanol–water partition coefficient (Wildman–Crippen LogP) is 4.14. The first-order valence-corrected chi connectivity index (χ1v) is 11.6. The average Bonchev–Trinajstić information content (AvgIpc) is 2.75. The number of ketones is 1. The number of carbonyl (C=O) groups is 2. The van der Waals surface area contributed by atoms with Crippen LogP contribution in [0.3, 0.4) is 0 Å². The Balaban J connectivity index is 2.00. The first-order valence-electron chi connectivity index (χ1n) is 9.36. The van der Waals surface area contributed by atoms with Crippen molar-refractivity contribution in [3.05, 3.63) is 101 Å². The second-order valence-corrected chi connectivity index (χ2v) is 9.45. The van der Waals surface area contributed by atoms with Gasteiger partial charge in [-0.2, -0.15) is 4.31 Å². The van der Waals surface area contributed by atoms with Crippen LogP contribution in [-0.2, 0) is 14.8 Å². The molecule has 1 N–H and O–H groups in total. The largest absolute Gasteiger partial charge is 0.324 e. The molecule has 0 radical (unpaired) electrons. The zero-order valence-corrected chi connectivity index (χ0v) is 18.5. The van der Waals surface area contributed by atoms with Gasteiger partial charge >= 0.3 is 0 Å². The molecule has 3 rings (SSSR count). The molecular weight excluding hydrogens is 436 g/mol. The third-order valence-electron chi connectivity index (χ3n) is 4.77.